The number of esters is 1. The molecule has 0 aromatic heterocycles. The summed E-state index contributed by atoms with van der Waals surface area (Å²) in [6.07, 6.45) is 0.503. The van der Waals surface area contributed by atoms with Crippen LogP contribution in [-0.4, -0.2) is 60.6 Å². The summed E-state index contributed by atoms with van der Waals surface area (Å²) in [6.45, 7) is 14.2. The van der Waals surface area contributed by atoms with Gasteiger partial charge < -0.3 is 14.5 Å². The number of carbonyl (C=O) groups excluding carboxylic acids is 1. The van der Waals surface area contributed by atoms with Gasteiger partial charge in [0.1, 0.15) is 5.60 Å². The smallest absolute Gasteiger partial charge is 0.307 e. The Hall–Kier alpha value is -0.610. The molecule has 4 heteroatoms. The fraction of sp³-hybridized carbons (Fsp3) is 0.923. The number of hydrogen-bond acceptors (Lipinski definition) is 4. The van der Waals surface area contributed by atoms with Crippen molar-refractivity contribution in [1.29, 1.82) is 0 Å². The highest BCUT2D eigenvalue weighted by atomic mass is 16.6. The monoisotopic (exact) mass is 242 g/mol. The van der Waals surface area contributed by atoms with E-state index >= 15 is 0 Å². The summed E-state index contributed by atoms with van der Waals surface area (Å²) in [5, 5.41) is 0. The molecule has 0 aromatic carbocycles. The van der Waals surface area contributed by atoms with E-state index in [0.29, 0.717) is 6.42 Å². The minimum absolute atomic E-state index is 0.0876. The van der Waals surface area contributed by atoms with Gasteiger partial charge in [-0.2, -0.15) is 0 Å². The van der Waals surface area contributed by atoms with Gasteiger partial charge in [-0.25, -0.2) is 0 Å². The minimum Gasteiger partial charge on any atom is -0.460 e. The lowest BCUT2D eigenvalue weighted by Crippen LogP contribution is -2.46. The van der Waals surface area contributed by atoms with Gasteiger partial charge >= 0.3 is 5.97 Å². The Morgan fingerprint density at radius 3 is 2.12 bits per heavy atom. The first-order chi connectivity index (χ1) is 7.90. The van der Waals surface area contributed by atoms with Gasteiger partial charge in [-0.3, -0.25) is 4.79 Å². The highest BCUT2D eigenvalue weighted by Crippen LogP contribution is 2.09. The van der Waals surface area contributed by atoms with Crippen LogP contribution in [-0.2, 0) is 9.53 Å². The van der Waals surface area contributed by atoms with Crippen LogP contribution >= 0.6 is 0 Å². The lowest BCUT2D eigenvalue weighted by molar-refractivity contribution is -0.155. The molecule has 17 heavy (non-hydrogen) atoms. The van der Waals surface area contributed by atoms with Gasteiger partial charge in [-0.15, -0.1) is 0 Å². The number of ether oxygens (including phenoxy) is 1. The molecule has 0 spiro atoms. The molecule has 1 aliphatic rings. The van der Waals surface area contributed by atoms with Crippen LogP contribution in [0.25, 0.3) is 0 Å². The first-order valence-corrected chi connectivity index (χ1v) is 6.57. The predicted octanol–water partition coefficient (Wildman–Crippen LogP) is 1.36. The zero-order valence-corrected chi connectivity index (χ0v) is 11.7. The number of likely N-dealkylation sites (N-methyl/N-ethyl adjacent to an activating group) is 1. The fourth-order valence-corrected chi connectivity index (χ4v) is 1.97. The average Bonchev–Trinajstić information content (AvgIpc) is 2.25. The van der Waals surface area contributed by atoms with Crippen molar-refractivity contribution in [1.82, 2.24) is 9.80 Å². The minimum atomic E-state index is -0.363. The van der Waals surface area contributed by atoms with E-state index in [1.165, 1.54) is 0 Å². The third-order valence-electron chi connectivity index (χ3n) is 2.96. The van der Waals surface area contributed by atoms with Gasteiger partial charge in [0, 0.05) is 32.7 Å². The summed E-state index contributed by atoms with van der Waals surface area (Å²) >= 11 is 0. The number of piperazine rings is 1. The Morgan fingerprint density at radius 1 is 1.12 bits per heavy atom. The summed E-state index contributed by atoms with van der Waals surface area (Å²) in [7, 11) is 0. The Labute approximate surface area is 105 Å². The average molecular weight is 242 g/mol. The van der Waals surface area contributed by atoms with Crippen LogP contribution in [0.4, 0.5) is 0 Å². The first kappa shape index (κ1) is 14.5. The molecule has 0 radical (unpaired) electrons. The van der Waals surface area contributed by atoms with Crippen LogP contribution < -0.4 is 0 Å². The van der Waals surface area contributed by atoms with Crippen molar-refractivity contribution in [3.63, 3.8) is 0 Å². The summed E-state index contributed by atoms with van der Waals surface area (Å²) in [4.78, 5) is 16.3. The molecular formula is C13H26N2O2. The van der Waals surface area contributed by atoms with E-state index in [2.05, 4.69) is 16.7 Å². The summed E-state index contributed by atoms with van der Waals surface area (Å²) < 4.78 is 5.30. The van der Waals surface area contributed by atoms with Crippen LogP contribution in [0.5, 0.6) is 0 Å². The van der Waals surface area contributed by atoms with E-state index in [1.807, 2.05) is 20.8 Å². The second-order valence-corrected chi connectivity index (χ2v) is 5.61. The Balaban J connectivity index is 2.17. The molecule has 0 unspecified atom stereocenters. The second kappa shape index (κ2) is 6.36. The maximum absolute atomic E-state index is 11.6. The number of rotatable bonds is 4. The fourth-order valence-electron chi connectivity index (χ4n) is 1.97. The predicted molar refractivity (Wildman–Crippen MR) is 69.0 cm³/mol. The lowest BCUT2D eigenvalue weighted by Gasteiger charge is -2.33. The van der Waals surface area contributed by atoms with Crippen LogP contribution in [0, 0.1) is 0 Å². The van der Waals surface area contributed by atoms with Crippen LogP contribution in [0.1, 0.15) is 34.1 Å². The first-order valence-electron chi connectivity index (χ1n) is 6.57. The normalized spacial score (nSPS) is 19.3. The van der Waals surface area contributed by atoms with Crippen molar-refractivity contribution in [2.75, 3.05) is 39.3 Å². The van der Waals surface area contributed by atoms with Crippen molar-refractivity contribution < 1.29 is 9.53 Å². The zero-order valence-electron chi connectivity index (χ0n) is 11.7. The molecule has 0 amide bonds. The highest BCUT2D eigenvalue weighted by molar-refractivity contribution is 5.70. The van der Waals surface area contributed by atoms with Crippen molar-refractivity contribution in [2.24, 2.45) is 0 Å². The number of hydrogen-bond donors (Lipinski definition) is 0. The summed E-state index contributed by atoms with van der Waals surface area (Å²) in [5.41, 5.74) is -0.363. The zero-order chi connectivity index (χ0) is 12.9. The van der Waals surface area contributed by atoms with E-state index < -0.39 is 0 Å². The Bertz CT molecular complexity index is 240. The Morgan fingerprint density at radius 2 is 1.65 bits per heavy atom. The van der Waals surface area contributed by atoms with Crippen molar-refractivity contribution >= 4 is 5.97 Å². The third-order valence-corrected chi connectivity index (χ3v) is 2.96. The number of carbonyl (C=O) groups is 1. The van der Waals surface area contributed by atoms with Crippen molar-refractivity contribution in [3.05, 3.63) is 0 Å². The molecule has 0 aliphatic carbocycles. The molecule has 1 aliphatic heterocycles. The van der Waals surface area contributed by atoms with E-state index in [4.69, 9.17) is 4.74 Å². The standard InChI is InChI=1S/C13H26N2O2/c1-5-14-8-10-15(11-9-14)7-6-12(16)17-13(2,3)4/h5-11H2,1-4H3. The maximum atomic E-state index is 11.6. The molecule has 0 atom stereocenters. The largest absolute Gasteiger partial charge is 0.460 e. The molecule has 1 fully saturated rings. The van der Waals surface area contributed by atoms with Gasteiger partial charge in [0.2, 0.25) is 0 Å². The van der Waals surface area contributed by atoms with Gasteiger partial charge in [-0.05, 0) is 27.3 Å². The molecule has 1 rings (SSSR count). The van der Waals surface area contributed by atoms with E-state index in [9.17, 15) is 4.79 Å². The summed E-state index contributed by atoms with van der Waals surface area (Å²) in [6, 6.07) is 0. The molecular weight excluding hydrogens is 216 g/mol. The lowest BCUT2D eigenvalue weighted by atomic mass is 10.2. The topological polar surface area (TPSA) is 32.8 Å². The quantitative estimate of drug-likeness (QED) is 0.697. The maximum Gasteiger partial charge on any atom is 0.307 e. The molecule has 1 heterocycles. The van der Waals surface area contributed by atoms with Crippen LogP contribution in [0.3, 0.4) is 0 Å². The third kappa shape index (κ3) is 6.03. The number of nitrogens with zero attached hydrogens (tertiary/aromatic N) is 2. The molecule has 0 aromatic rings. The Kier molecular flexibility index (Phi) is 5.40. The highest BCUT2D eigenvalue weighted by Gasteiger charge is 2.19. The van der Waals surface area contributed by atoms with Crippen molar-refractivity contribution in [2.45, 2.75) is 39.7 Å². The molecule has 100 valence electrons. The van der Waals surface area contributed by atoms with E-state index in [0.717, 1.165) is 39.3 Å². The molecule has 0 bridgehead atoms. The molecule has 1 saturated heterocycles. The van der Waals surface area contributed by atoms with Crippen molar-refractivity contribution in [3.8, 4) is 0 Å². The van der Waals surface area contributed by atoms with Gasteiger partial charge in [0.15, 0.2) is 0 Å². The molecule has 0 N–H and O–H groups in total. The SMILES string of the molecule is CCN1CCN(CCC(=O)OC(C)(C)C)CC1. The van der Waals surface area contributed by atoms with Gasteiger partial charge in [0.05, 0.1) is 6.42 Å². The van der Waals surface area contributed by atoms with Gasteiger partial charge in [-0.1, -0.05) is 6.92 Å². The van der Waals surface area contributed by atoms with Gasteiger partial charge in [0.25, 0.3) is 0 Å². The second-order valence-electron chi connectivity index (χ2n) is 5.61. The van der Waals surface area contributed by atoms with E-state index in [1.54, 1.807) is 0 Å². The van der Waals surface area contributed by atoms with E-state index in [-0.39, 0.29) is 11.6 Å². The van der Waals surface area contributed by atoms with Crippen LogP contribution in [0.2, 0.25) is 0 Å². The van der Waals surface area contributed by atoms with Crippen LogP contribution in [0.15, 0.2) is 0 Å². The molecule has 0 saturated carbocycles. The molecule has 4 nitrogen and oxygen atoms in total. The summed E-state index contributed by atoms with van der Waals surface area (Å²) in [5.74, 6) is -0.0876.